The van der Waals surface area contributed by atoms with Gasteiger partial charge in [-0.25, -0.2) is 0 Å². The standard InChI is InChI=1S/C23H24O5S/c1-25-19-7-5-15(11-21(19)27-3)9-17-13-29-14-18(23(17)24)10-16-6-8-20(26-2)22(12-16)28-4/h5-12H,13-14H2,1-4H3/b17-9+,18-10+. The summed E-state index contributed by atoms with van der Waals surface area (Å²) in [6.07, 6.45) is 3.83. The van der Waals surface area contributed by atoms with Gasteiger partial charge in [0.05, 0.1) is 28.4 Å². The summed E-state index contributed by atoms with van der Waals surface area (Å²) in [6, 6.07) is 11.3. The van der Waals surface area contributed by atoms with E-state index in [0.717, 1.165) is 22.3 Å². The smallest absolute Gasteiger partial charge is 0.186 e. The van der Waals surface area contributed by atoms with E-state index in [-0.39, 0.29) is 5.78 Å². The molecule has 1 aliphatic heterocycles. The third-order valence-electron chi connectivity index (χ3n) is 4.60. The third-order valence-corrected chi connectivity index (χ3v) is 5.63. The van der Waals surface area contributed by atoms with E-state index >= 15 is 0 Å². The lowest BCUT2D eigenvalue weighted by Gasteiger charge is -2.17. The minimum Gasteiger partial charge on any atom is -0.493 e. The number of hydrogen-bond donors (Lipinski definition) is 0. The number of methoxy groups -OCH3 is 4. The molecule has 29 heavy (non-hydrogen) atoms. The molecule has 0 radical (unpaired) electrons. The predicted molar refractivity (Wildman–Crippen MR) is 117 cm³/mol. The van der Waals surface area contributed by atoms with Crippen LogP contribution in [0.1, 0.15) is 11.1 Å². The zero-order valence-corrected chi connectivity index (χ0v) is 17.8. The van der Waals surface area contributed by atoms with E-state index in [9.17, 15) is 4.79 Å². The molecule has 0 spiro atoms. The molecule has 0 amide bonds. The maximum atomic E-state index is 13.0. The average Bonchev–Trinajstić information content (AvgIpc) is 2.76. The number of carbonyl (C=O) groups is 1. The van der Waals surface area contributed by atoms with E-state index in [2.05, 4.69) is 0 Å². The summed E-state index contributed by atoms with van der Waals surface area (Å²) in [6.45, 7) is 0. The molecule has 0 bridgehead atoms. The number of thioether (sulfide) groups is 1. The van der Waals surface area contributed by atoms with E-state index in [1.807, 2.05) is 48.6 Å². The first-order valence-electron chi connectivity index (χ1n) is 9.07. The van der Waals surface area contributed by atoms with Gasteiger partial charge in [0.1, 0.15) is 0 Å². The fraction of sp³-hybridized carbons (Fsp3) is 0.261. The van der Waals surface area contributed by atoms with Crippen LogP contribution in [-0.4, -0.2) is 45.7 Å². The largest absolute Gasteiger partial charge is 0.493 e. The normalized spacial score (nSPS) is 16.8. The first kappa shape index (κ1) is 20.9. The topological polar surface area (TPSA) is 54.0 Å². The van der Waals surface area contributed by atoms with E-state index < -0.39 is 0 Å². The van der Waals surface area contributed by atoms with Crippen LogP contribution in [0.3, 0.4) is 0 Å². The minimum atomic E-state index is 0.0633. The van der Waals surface area contributed by atoms with Gasteiger partial charge in [-0.1, -0.05) is 12.1 Å². The van der Waals surface area contributed by atoms with Crippen molar-refractivity contribution < 1.29 is 23.7 Å². The second-order valence-corrected chi connectivity index (χ2v) is 7.38. The molecule has 1 aliphatic rings. The number of benzene rings is 2. The van der Waals surface area contributed by atoms with Gasteiger partial charge in [0, 0.05) is 22.7 Å². The lowest BCUT2D eigenvalue weighted by atomic mass is 10.00. The molecule has 1 fully saturated rings. The maximum absolute atomic E-state index is 13.0. The van der Waals surface area contributed by atoms with Crippen molar-refractivity contribution in [2.45, 2.75) is 0 Å². The number of Topliss-reactive ketones (excluding diaryl/α,β-unsaturated/α-hetero) is 1. The maximum Gasteiger partial charge on any atom is 0.186 e. The SMILES string of the molecule is COc1ccc(/C=C2\CSC/C(=C\c3ccc(OC)c(OC)c3)C2=O)cc1OC. The quantitative estimate of drug-likeness (QED) is 0.651. The zero-order chi connectivity index (χ0) is 20.8. The van der Waals surface area contributed by atoms with Gasteiger partial charge in [-0.3, -0.25) is 4.79 Å². The summed E-state index contributed by atoms with van der Waals surface area (Å²) >= 11 is 1.72. The number of ketones is 1. The van der Waals surface area contributed by atoms with Crippen LogP contribution in [0.25, 0.3) is 12.2 Å². The number of hydrogen-bond acceptors (Lipinski definition) is 6. The summed E-state index contributed by atoms with van der Waals surface area (Å²) in [5.41, 5.74) is 3.33. The highest BCUT2D eigenvalue weighted by Crippen LogP contribution is 2.32. The summed E-state index contributed by atoms with van der Waals surface area (Å²) in [5.74, 6) is 4.01. The molecule has 0 atom stereocenters. The van der Waals surface area contributed by atoms with Crippen LogP contribution in [0.5, 0.6) is 23.0 Å². The molecule has 2 aromatic carbocycles. The minimum absolute atomic E-state index is 0.0633. The van der Waals surface area contributed by atoms with E-state index in [0.29, 0.717) is 34.5 Å². The van der Waals surface area contributed by atoms with Crippen molar-refractivity contribution in [3.8, 4) is 23.0 Å². The van der Waals surface area contributed by atoms with Gasteiger partial charge < -0.3 is 18.9 Å². The third kappa shape index (κ3) is 4.77. The van der Waals surface area contributed by atoms with Crippen LogP contribution in [0.2, 0.25) is 0 Å². The Morgan fingerprint density at radius 1 is 0.690 bits per heavy atom. The first-order valence-corrected chi connectivity index (χ1v) is 10.2. The summed E-state index contributed by atoms with van der Waals surface area (Å²) in [7, 11) is 6.39. The molecule has 3 rings (SSSR count). The molecular weight excluding hydrogens is 388 g/mol. The Balaban J connectivity index is 1.89. The molecule has 0 unspecified atom stereocenters. The Kier molecular flexibility index (Phi) is 6.88. The molecule has 2 aromatic rings. The molecule has 0 N–H and O–H groups in total. The Hall–Kier alpha value is -2.86. The van der Waals surface area contributed by atoms with E-state index in [4.69, 9.17) is 18.9 Å². The van der Waals surface area contributed by atoms with E-state index in [1.54, 1.807) is 40.2 Å². The zero-order valence-electron chi connectivity index (χ0n) is 17.0. The van der Waals surface area contributed by atoms with Crippen LogP contribution in [0, 0.1) is 0 Å². The Labute approximate surface area is 175 Å². The highest BCUT2D eigenvalue weighted by atomic mass is 32.2. The lowest BCUT2D eigenvalue weighted by Crippen LogP contribution is -2.16. The first-order chi connectivity index (χ1) is 14.1. The molecule has 1 saturated heterocycles. The summed E-state index contributed by atoms with van der Waals surface area (Å²) in [5, 5.41) is 0. The van der Waals surface area contributed by atoms with Crippen molar-refractivity contribution >= 4 is 29.7 Å². The number of carbonyl (C=O) groups excluding carboxylic acids is 1. The van der Waals surface area contributed by atoms with Crippen LogP contribution >= 0.6 is 11.8 Å². The Morgan fingerprint density at radius 2 is 1.10 bits per heavy atom. The fourth-order valence-corrected chi connectivity index (χ4v) is 4.08. The molecule has 152 valence electrons. The highest BCUT2D eigenvalue weighted by Gasteiger charge is 2.21. The van der Waals surface area contributed by atoms with Gasteiger partial charge in [0.15, 0.2) is 28.8 Å². The van der Waals surface area contributed by atoms with Crippen molar-refractivity contribution in [2.24, 2.45) is 0 Å². The molecular formula is C23H24O5S. The fourth-order valence-electron chi connectivity index (χ4n) is 3.11. The second kappa shape index (κ2) is 9.56. The molecule has 5 nitrogen and oxygen atoms in total. The molecule has 6 heteroatoms. The molecule has 0 aliphatic carbocycles. The van der Waals surface area contributed by atoms with Gasteiger partial charge in [-0.05, 0) is 47.5 Å². The van der Waals surface area contributed by atoms with Gasteiger partial charge >= 0.3 is 0 Å². The second-order valence-electron chi connectivity index (χ2n) is 6.39. The Bertz CT molecular complexity index is 886. The molecule has 0 aromatic heterocycles. The predicted octanol–water partition coefficient (Wildman–Crippen LogP) is 4.50. The summed E-state index contributed by atoms with van der Waals surface area (Å²) in [4.78, 5) is 13.0. The van der Waals surface area contributed by atoms with Crippen LogP contribution < -0.4 is 18.9 Å². The average molecular weight is 413 g/mol. The number of ether oxygens (including phenoxy) is 4. The monoisotopic (exact) mass is 412 g/mol. The van der Waals surface area contributed by atoms with Gasteiger partial charge in [0.2, 0.25) is 0 Å². The van der Waals surface area contributed by atoms with Crippen molar-refractivity contribution in [1.82, 2.24) is 0 Å². The van der Waals surface area contributed by atoms with Crippen molar-refractivity contribution in [3.63, 3.8) is 0 Å². The van der Waals surface area contributed by atoms with Crippen molar-refractivity contribution in [3.05, 3.63) is 58.7 Å². The van der Waals surface area contributed by atoms with Crippen LogP contribution in [0.15, 0.2) is 47.5 Å². The highest BCUT2D eigenvalue weighted by molar-refractivity contribution is 7.99. The lowest BCUT2D eigenvalue weighted by molar-refractivity contribution is -0.112. The van der Waals surface area contributed by atoms with Gasteiger partial charge in [-0.2, -0.15) is 11.8 Å². The van der Waals surface area contributed by atoms with E-state index in [1.165, 1.54) is 0 Å². The van der Waals surface area contributed by atoms with Gasteiger partial charge in [0.25, 0.3) is 0 Å². The van der Waals surface area contributed by atoms with Crippen molar-refractivity contribution in [1.29, 1.82) is 0 Å². The van der Waals surface area contributed by atoms with Crippen LogP contribution in [-0.2, 0) is 4.79 Å². The molecule has 1 heterocycles. The Morgan fingerprint density at radius 3 is 1.48 bits per heavy atom. The molecule has 0 saturated carbocycles. The summed E-state index contributed by atoms with van der Waals surface area (Å²) < 4.78 is 21.3. The van der Waals surface area contributed by atoms with Crippen LogP contribution in [0.4, 0.5) is 0 Å². The van der Waals surface area contributed by atoms with Crippen molar-refractivity contribution in [2.75, 3.05) is 39.9 Å². The van der Waals surface area contributed by atoms with Gasteiger partial charge in [-0.15, -0.1) is 0 Å². The number of rotatable bonds is 6.